The highest BCUT2D eigenvalue weighted by atomic mass is 16.4. The summed E-state index contributed by atoms with van der Waals surface area (Å²) in [6.07, 6.45) is 3.28. The third kappa shape index (κ3) is 6.04. The lowest BCUT2D eigenvalue weighted by Gasteiger charge is -2.30. The molecule has 0 unspecified atom stereocenters. The van der Waals surface area contributed by atoms with Crippen LogP contribution in [0.3, 0.4) is 0 Å². The Hall–Kier alpha value is -2.99. The summed E-state index contributed by atoms with van der Waals surface area (Å²) in [5, 5.41) is 11.2. The predicted molar refractivity (Wildman–Crippen MR) is 125 cm³/mol. The molecule has 0 atom stereocenters. The molecule has 6 nitrogen and oxygen atoms in total. The summed E-state index contributed by atoms with van der Waals surface area (Å²) >= 11 is 0. The van der Waals surface area contributed by atoms with Gasteiger partial charge in [0.25, 0.3) is 0 Å². The minimum atomic E-state index is -0.0123. The van der Waals surface area contributed by atoms with Crippen molar-refractivity contribution in [1.82, 2.24) is 20.4 Å². The average molecular weight is 433 g/mol. The Bertz CT molecular complexity index is 1020. The number of nitrogens with one attached hydrogen (secondary N) is 1. The number of hydrogen-bond acceptors (Lipinski definition) is 5. The standard InChI is InChI=1S/C26H32N4O2/c1-19-7-9-21(10-8-19)26-29-28-25(32-26)12-11-24(31)27-17-22-5-3-4-6-23(22)18-30-15-13-20(2)14-16-30/h3-10,20H,11-18H2,1-2H3,(H,27,31). The van der Waals surface area contributed by atoms with Gasteiger partial charge in [0.2, 0.25) is 17.7 Å². The van der Waals surface area contributed by atoms with Gasteiger partial charge in [-0.15, -0.1) is 10.2 Å². The number of likely N-dealkylation sites (tertiary alicyclic amines) is 1. The van der Waals surface area contributed by atoms with Crippen LogP contribution in [0, 0.1) is 12.8 Å². The number of carbonyl (C=O) groups excluding carboxylic acids is 1. The molecule has 2 aromatic carbocycles. The lowest BCUT2D eigenvalue weighted by Crippen LogP contribution is -2.33. The summed E-state index contributed by atoms with van der Waals surface area (Å²) in [5.74, 6) is 1.78. The minimum Gasteiger partial charge on any atom is -0.421 e. The summed E-state index contributed by atoms with van der Waals surface area (Å²) in [5.41, 5.74) is 4.54. The second-order valence-corrected chi connectivity index (χ2v) is 8.87. The molecule has 168 valence electrons. The van der Waals surface area contributed by atoms with Crippen LogP contribution < -0.4 is 5.32 Å². The van der Waals surface area contributed by atoms with Crippen LogP contribution >= 0.6 is 0 Å². The highest BCUT2D eigenvalue weighted by Gasteiger charge is 2.17. The van der Waals surface area contributed by atoms with Gasteiger partial charge in [-0.05, 0) is 62.0 Å². The topological polar surface area (TPSA) is 71.3 Å². The fraction of sp³-hybridized carbons (Fsp3) is 0.423. The van der Waals surface area contributed by atoms with E-state index in [0.29, 0.717) is 31.2 Å². The monoisotopic (exact) mass is 432 g/mol. The van der Waals surface area contributed by atoms with Crippen LogP contribution in [0.1, 0.15) is 48.8 Å². The van der Waals surface area contributed by atoms with Gasteiger partial charge < -0.3 is 9.73 Å². The van der Waals surface area contributed by atoms with Crippen LogP contribution in [-0.4, -0.2) is 34.1 Å². The van der Waals surface area contributed by atoms with E-state index in [1.165, 1.54) is 29.5 Å². The van der Waals surface area contributed by atoms with Crippen LogP contribution in [-0.2, 0) is 24.3 Å². The van der Waals surface area contributed by atoms with Crippen LogP contribution in [0.5, 0.6) is 0 Å². The molecule has 0 saturated carbocycles. The Labute approximate surface area is 190 Å². The van der Waals surface area contributed by atoms with Gasteiger partial charge >= 0.3 is 0 Å². The zero-order chi connectivity index (χ0) is 22.3. The van der Waals surface area contributed by atoms with E-state index in [1.54, 1.807) is 0 Å². The Morgan fingerprint density at radius 2 is 1.78 bits per heavy atom. The van der Waals surface area contributed by atoms with E-state index in [4.69, 9.17) is 4.42 Å². The van der Waals surface area contributed by atoms with Gasteiger partial charge in [0.1, 0.15) is 0 Å². The van der Waals surface area contributed by atoms with Gasteiger partial charge in [-0.25, -0.2) is 0 Å². The van der Waals surface area contributed by atoms with Crippen LogP contribution in [0.15, 0.2) is 52.9 Å². The Morgan fingerprint density at radius 1 is 1.06 bits per heavy atom. The van der Waals surface area contributed by atoms with Gasteiger partial charge in [0.15, 0.2) is 0 Å². The molecule has 1 amide bonds. The molecule has 1 N–H and O–H groups in total. The summed E-state index contributed by atoms with van der Waals surface area (Å²) in [6, 6.07) is 16.3. The SMILES string of the molecule is Cc1ccc(-c2nnc(CCC(=O)NCc3ccccc3CN3CCC(C)CC3)o2)cc1. The number of benzene rings is 2. The number of aryl methyl sites for hydroxylation is 2. The Balaban J connectivity index is 1.26. The van der Waals surface area contributed by atoms with Gasteiger partial charge in [-0.3, -0.25) is 9.69 Å². The molecular formula is C26H32N4O2. The van der Waals surface area contributed by atoms with E-state index in [-0.39, 0.29) is 5.91 Å². The van der Waals surface area contributed by atoms with E-state index in [1.807, 2.05) is 37.3 Å². The lowest BCUT2D eigenvalue weighted by molar-refractivity contribution is -0.121. The van der Waals surface area contributed by atoms with Crippen LogP contribution in [0.25, 0.3) is 11.5 Å². The van der Waals surface area contributed by atoms with Crippen molar-refractivity contribution in [3.63, 3.8) is 0 Å². The van der Waals surface area contributed by atoms with Crippen molar-refractivity contribution in [3.8, 4) is 11.5 Å². The number of hydrogen-bond donors (Lipinski definition) is 1. The van der Waals surface area contributed by atoms with Crippen molar-refractivity contribution in [2.45, 2.75) is 52.6 Å². The minimum absolute atomic E-state index is 0.0123. The fourth-order valence-corrected chi connectivity index (χ4v) is 4.02. The molecule has 1 aromatic heterocycles. The summed E-state index contributed by atoms with van der Waals surface area (Å²) < 4.78 is 5.73. The second-order valence-electron chi connectivity index (χ2n) is 8.87. The molecule has 32 heavy (non-hydrogen) atoms. The molecular weight excluding hydrogens is 400 g/mol. The zero-order valence-corrected chi connectivity index (χ0v) is 19.0. The summed E-state index contributed by atoms with van der Waals surface area (Å²) in [7, 11) is 0. The number of carbonyl (C=O) groups is 1. The van der Waals surface area contributed by atoms with Crippen molar-refractivity contribution in [2.24, 2.45) is 5.92 Å². The summed E-state index contributed by atoms with van der Waals surface area (Å²) in [4.78, 5) is 14.9. The quantitative estimate of drug-likeness (QED) is 0.566. The first kappa shape index (κ1) is 22.2. The van der Waals surface area contributed by atoms with Gasteiger partial charge in [0, 0.05) is 31.5 Å². The fourth-order valence-electron chi connectivity index (χ4n) is 4.02. The van der Waals surface area contributed by atoms with Crippen LogP contribution in [0.4, 0.5) is 0 Å². The Kier molecular flexibility index (Phi) is 7.32. The number of amides is 1. The van der Waals surface area contributed by atoms with E-state index < -0.39 is 0 Å². The lowest BCUT2D eigenvalue weighted by atomic mass is 9.98. The van der Waals surface area contributed by atoms with E-state index >= 15 is 0 Å². The highest BCUT2D eigenvalue weighted by molar-refractivity contribution is 5.76. The van der Waals surface area contributed by atoms with Gasteiger partial charge in [-0.2, -0.15) is 0 Å². The zero-order valence-electron chi connectivity index (χ0n) is 19.0. The number of rotatable bonds is 8. The maximum atomic E-state index is 12.4. The predicted octanol–water partition coefficient (Wildman–Crippen LogP) is 4.53. The van der Waals surface area contributed by atoms with Crippen molar-refractivity contribution in [1.29, 1.82) is 0 Å². The van der Waals surface area contributed by atoms with Gasteiger partial charge in [0.05, 0.1) is 0 Å². The third-order valence-corrected chi connectivity index (χ3v) is 6.20. The first-order valence-corrected chi connectivity index (χ1v) is 11.5. The average Bonchev–Trinajstić information content (AvgIpc) is 3.28. The van der Waals surface area contributed by atoms with E-state index in [0.717, 1.165) is 31.1 Å². The third-order valence-electron chi connectivity index (χ3n) is 6.20. The van der Waals surface area contributed by atoms with Crippen molar-refractivity contribution >= 4 is 5.91 Å². The first-order valence-electron chi connectivity index (χ1n) is 11.5. The molecule has 0 bridgehead atoms. The normalized spacial score (nSPS) is 15.1. The number of nitrogens with zero attached hydrogens (tertiary/aromatic N) is 3. The molecule has 3 aromatic rings. The molecule has 1 fully saturated rings. The van der Waals surface area contributed by atoms with Crippen molar-refractivity contribution in [3.05, 3.63) is 71.1 Å². The molecule has 4 rings (SSSR count). The molecule has 1 aliphatic rings. The van der Waals surface area contributed by atoms with Crippen LogP contribution in [0.2, 0.25) is 0 Å². The molecule has 0 aliphatic carbocycles. The molecule has 0 radical (unpaired) electrons. The molecule has 2 heterocycles. The van der Waals surface area contributed by atoms with Crippen molar-refractivity contribution in [2.75, 3.05) is 13.1 Å². The highest BCUT2D eigenvalue weighted by Crippen LogP contribution is 2.20. The largest absolute Gasteiger partial charge is 0.421 e. The van der Waals surface area contributed by atoms with E-state index in [2.05, 4.69) is 45.5 Å². The van der Waals surface area contributed by atoms with Gasteiger partial charge in [-0.1, -0.05) is 48.9 Å². The maximum absolute atomic E-state index is 12.4. The number of aromatic nitrogens is 2. The molecule has 0 spiro atoms. The summed E-state index contributed by atoms with van der Waals surface area (Å²) in [6.45, 7) is 8.15. The molecule has 1 saturated heterocycles. The number of piperidine rings is 1. The first-order chi connectivity index (χ1) is 15.6. The van der Waals surface area contributed by atoms with E-state index in [9.17, 15) is 4.79 Å². The van der Waals surface area contributed by atoms with Crippen molar-refractivity contribution < 1.29 is 9.21 Å². The smallest absolute Gasteiger partial charge is 0.247 e. The molecule has 1 aliphatic heterocycles. The Morgan fingerprint density at radius 3 is 2.53 bits per heavy atom. The maximum Gasteiger partial charge on any atom is 0.247 e. The second kappa shape index (κ2) is 10.6. The molecule has 6 heteroatoms.